The summed E-state index contributed by atoms with van der Waals surface area (Å²) >= 11 is 0. The Kier molecular flexibility index (Phi) is 7.18. The van der Waals surface area contributed by atoms with Crippen LogP contribution in [0.5, 0.6) is 5.75 Å². The Labute approximate surface area is 138 Å². The number of aryl methyl sites for hydroxylation is 1. The highest BCUT2D eigenvalue weighted by atomic mass is 16.5. The SMILES string of the molecule is COC(=O)c1ccc(OCCCCCCc2ccccc2)cc1. The summed E-state index contributed by atoms with van der Waals surface area (Å²) in [6.07, 6.45) is 5.81. The quantitative estimate of drug-likeness (QED) is 0.499. The number of benzene rings is 2. The first kappa shape index (κ1) is 17.1. The molecule has 0 bridgehead atoms. The minimum absolute atomic E-state index is 0.324. The highest BCUT2D eigenvalue weighted by molar-refractivity contribution is 5.89. The zero-order valence-electron chi connectivity index (χ0n) is 13.7. The number of methoxy groups -OCH3 is 1. The molecule has 0 fully saturated rings. The van der Waals surface area contributed by atoms with Crippen LogP contribution < -0.4 is 4.74 Å². The van der Waals surface area contributed by atoms with Gasteiger partial charge in [0.2, 0.25) is 0 Å². The van der Waals surface area contributed by atoms with Gasteiger partial charge in [-0.3, -0.25) is 0 Å². The second kappa shape index (κ2) is 9.67. The van der Waals surface area contributed by atoms with Crippen LogP contribution in [-0.2, 0) is 11.2 Å². The monoisotopic (exact) mass is 312 g/mol. The molecule has 0 amide bonds. The molecule has 3 nitrogen and oxygen atoms in total. The van der Waals surface area contributed by atoms with E-state index < -0.39 is 0 Å². The molecule has 0 aliphatic heterocycles. The van der Waals surface area contributed by atoms with Crippen molar-refractivity contribution < 1.29 is 14.3 Å². The fraction of sp³-hybridized carbons (Fsp3) is 0.350. The van der Waals surface area contributed by atoms with Gasteiger partial charge < -0.3 is 9.47 Å². The molecule has 23 heavy (non-hydrogen) atoms. The van der Waals surface area contributed by atoms with Crippen LogP contribution in [0.25, 0.3) is 0 Å². The van der Waals surface area contributed by atoms with E-state index in [-0.39, 0.29) is 5.97 Å². The van der Waals surface area contributed by atoms with E-state index in [2.05, 4.69) is 35.1 Å². The number of rotatable bonds is 9. The Bertz CT molecular complexity index is 576. The van der Waals surface area contributed by atoms with E-state index >= 15 is 0 Å². The summed E-state index contributed by atoms with van der Waals surface area (Å²) in [7, 11) is 1.38. The van der Waals surface area contributed by atoms with Crippen molar-refractivity contribution in [1.29, 1.82) is 0 Å². The van der Waals surface area contributed by atoms with Crippen molar-refractivity contribution in [2.45, 2.75) is 32.1 Å². The van der Waals surface area contributed by atoms with E-state index in [1.807, 2.05) is 12.1 Å². The molecular weight excluding hydrogens is 288 g/mol. The van der Waals surface area contributed by atoms with Gasteiger partial charge >= 0.3 is 5.97 Å². The zero-order valence-corrected chi connectivity index (χ0v) is 13.7. The topological polar surface area (TPSA) is 35.5 Å². The number of esters is 1. The summed E-state index contributed by atoms with van der Waals surface area (Å²) in [6, 6.07) is 17.7. The Morgan fingerprint density at radius 2 is 1.57 bits per heavy atom. The average molecular weight is 312 g/mol. The maximum Gasteiger partial charge on any atom is 0.337 e. The third-order valence-electron chi connectivity index (χ3n) is 3.75. The maximum absolute atomic E-state index is 11.3. The van der Waals surface area contributed by atoms with Gasteiger partial charge in [0.05, 0.1) is 19.3 Å². The van der Waals surface area contributed by atoms with Crippen molar-refractivity contribution >= 4 is 5.97 Å². The fourth-order valence-corrected chi connectivity index (χ4v) is 2.42. The Morgan fingerprint density at radius 3 is 2.26 bits per heavy atom. The molecule has 2 aromatic carbocycles. The van der Waals surface area contributed by atoms with Gasteiger partial charge in [0, 0.05) is 0 Å². The summed E-state index contributed by atoms with van der Waals surface area (Å²) in [6.45, 7) is 0.711. The second-order valence-corrected chi connectivity index (χ2v) is 5.51. The van der Waals surface area contributed by atoms with Crippen LogP contribution in [-0.4, -0.2) is 19.7 Å². The third-order valence-corrected chi connectivity index (χ3v) is 3.75. The lowest BCUT2D eigenvalue weighted by Crippen LogP contribution is -2.01. The van der Waals surface area contributed by atoms with E-state index in [0.29, 0.717) is 12.2 Å². The first-order chi connectivity index (χ1) is 11.3. The van der Waals surface area contributed by atoms with Crippen LogP contribution in [0.4, 0.5) is 0 Å². The molecule has 0 saturated heterocycles. The molecule has 0 atom stereocenters. The van der Waals surface area contributed by atoms with Crippen molar-refractivity contribution in [3.63, 3.8) is 0 Å². The van der Waals surface area contributed by atoms with E-state index in [9.17, 15) is 4.79 Å². The highest BCUT2D eigenvalue weighted by Gasteiger charge is 2.04. The minimum Gasteiger partial charge on any atom is -0.494 e. The molecule has 0 unspecified atom stereocenters. The maximum atomic E-state index is 11.3. The molecular formula is C20H24O3. The molecule has 0 aliphatic rings. The molecule has 0 aliphatic carbocycles. The lowest BCUT2D eigenvalue weighted by molar-refractivity contribution is 0.0600. The largest absolute Gasteiger partial charge is 0.494 e. The highest BCUT2D eigenvalue weighted by Crippen LogP contribution is 2.14. The predicted octanol–water partition coefficient (Wildman–Crippen LogP) is 4.66. The third kappa shape index (κ3) is 6.15. The van der Waals surface area contributed by atoms with Crippen LogP contribution in [0.15, 0.2) is 54.6 Å². The van der Waals surface area contributed by atoms with Gasteiger partial charge in [-0.25, -0.2) is 4.79 Å². The van der Waals surface area contributed by atoms with Crippen LogP contribution in [0.3, 0.4) is 0 Å². The summed E-state index contributed by atoms with van der Waals surface area (Å²) < 4.78 is 10.4. The normalized spacial score (nSPS) is 10.3. The van der Waals surface area contributed by atoms with Gasteiger partial charge in [-0.1, -0.05) is 43.2 Å². The molecule has 0 radical (unpaired) electrons. The smallest absolute Gasteiger partial charge is 0.337 e. The van der Waals surface area contributed by atoms with Crippen LogP contribution in [0.1, 0.15) is 41.6 Å². The molecule has 2 aromatic rings. The summed E-state index contributed by atoms with van der Waals surface area (Å²) in [5.41, 5.74) is 1.95. The van der Waals surface area contributed by atoms with Gasteiger partial charge in [-0.15, -0.1) is 0 Å². The second-order valence-electron chi connectivity index (χ2n) is 5.51. The van der Waals surface area contributed by atoms with Gasteiger partial charge in [0.1, 0.15) is 5.75 Å². The van der Waals surface area contributed by atoms with Crippen molar-refractivity contribution in [3.05, 3.63) is 65.7 Å². The standard InChI is InChI=1S/C20H24O3/c1-22-20(21)18-12-14-19(15-13-18)23-16-8-3-2-5-9-17-10-6-4-7-11-17/h4,6-7,10-15H,2-3,5,8-9,16H2,1H3. The van der Waals surface area contributed by atoms with Gasteiger partial charge in [0.25, 0.3) is 0 Å². The lowest BCUT2D eigenvalue weighted by Gasteiger charge is -2.07. The van der Waals surface area contributed by atoms with Gasteiger partial charge in [0.15, 0.2) is 0 Å². The van der Waals surface area contributed by atoms with Crippen LogP contribution in [0.2, 0.25) is 0 Å². The lowest BCUT2D eigenvalue weighted by atomic mass is 10.1. The number of hydrogen-bond acceptors (Lipinski definition) is 3. The number of carbonyl (C=O) groups excluding carboxylic acids is 1. The molecule has 3 heteroatoms. The molecule has 0 spiro atoms. The molecule has 0 N–H and O–H groups in total. The molecule has 0 saturated carbocycles. The first-order valence-electron chi connectivity index (χ1n) is 8.14. The summed E-state index contributed by atoms with van der Waals surface area (Å²) in [4.78, 5) is 11.3. The number of hydrogen-bond donors (Lipinski definition) is 0. The van der Waals surface area contributed by atoms with Gasteiger partial charge in [-0.2, -0.15) is 0 Å². The Morgan fingerprint density at radius 1 is 0.870 bits per heavy atom. The Balaban J connectivity index is 1.56. The van der Waals surface area contributed by atoms with Crippen molar-refractivity contribution in [2.24, 2.45) is 0 Å². The molecule has 2 rings (SSSR count). The van der Waals surface area contributed by atoms with E-state index in [1.165, 1.54) is 31.9 Å². The van der Waals surface area contributed by atoms with E-state index in [0.717, 1.165) is 18.6 Å². The molecule has 122 valence electrons. The van der Waals surface area contributed by atoms with Gasteiger partial charge in [-0.05, 0) is 49.1 Å². The summed E-state index contributed by atoms with van der Waals surface area (Å²) in [5, 5.41) is 0. The average Bonchev–Trinajstić information content (AvgIpc) is 2.61. The Hall–Kier alpha value is -2.29. The van der Waals surface area contributed by atoms with E-state index in [4.69, 9.17) is 4.74 Å². The number of unbranched alkanes of at least 4 members (excludes halogenated alkanes) is 3. The van der Waals surface area contributed by atoms with Crippen LogP contribution in [0, 0.1) is 0 Å². The van der Waals surface area contributed by atoms with Crippen molar-refractivity contribution in [3.8, 4) is 5.75 Å². The molecule has 0 heterocycles. The fourth-order valence-electron chi connectivity index (χ4n) is 2.42. The minimum atomic E-state index is -0.324. The number of carbonyl (C=O) groups is 1. The molecule has 0 aromatic heterocycles. The predicted molar refractivity (Wildman–Crippen MR) is 91.9 cm³/mol. The van der Waals surface area contributed by atoms with E-state index in [1.54, 1.807) is 12.1 Å². The first-order valence-corrected chi connectivity index (χ1v) is 8.14. The number of ether oxygens (including phenoxy) is 2. The van der Waals surface area contributed by atoms with Crippen molar-refractivity contribution in [2.75, 3.05) is 13.7 Å². The van der Waals surface area contributed by atoms with Crippen LogP contribution >= 0.6 is 0 Å². The summed E-state index contributed by atoms with van der Waals surface area (Å²) in [5.74, 6) is 0.469. The zero-order chi connectivity index (χ0) is 16.3. The van der Waals surface area contributed by atoms with Crippen molar-refractivity contribution in [1.82, 2.24) is 0 Å².